The zero-order valence-electron chi connectivity index (χ0n) is 14.0. The molecule has 2 aromatic heterocycles. The molecule has 0 aliphatic rings. The van der Waals surface area contributed by atoms with E-state index >= 15 is 0 Å². The van der Waals surface area contributed by atoms with Gasteiger partial charge in [-0.3, -0.25) is 4.79 Å². The molecule has 0 radical (unpaired) electrons. The zero-order valence-corrected chi connectivity index (χ0v) is 14.8. The second-order valence-corrected chi connectivity index (χ2v) is 6.68. The smallest absolute Gasteiger partial charge is 0.227 e. The van der Waals surface area contributed by atoms with Crippen molar-refractivity contribution in [2.45, 2.75) is 26.3 Å². The first kappa shape index (κ1) is 17.1. The van der Waals surface area contributed by atoms with Gasteiger partial charge < -0.3 is 14.6 Å². The number of nitrogens with zero attached hydrogens (tertiary/aromatic N) is 3. The van der Waals surface area contributed by atoms with Crippen LogP contribution in [-0.4, -0.2) is 28.1 Å². The van der Waals surface area contributed by atoms with E-state index < -0.39 is 0 Å². The zero-order chi connectivity index (χ0) is 17.6. The summed E-state index contributed by atoms with van der Waals surface area (Å²) in [5.74, 6) is 1.64. The minimum absolute atomic E-state index is 0.0600. The van der Waals surface area contributed by atoms with Gasteiger partial charge >= 0.3 is 0 Å². The van der Waals surface area contributed by atoms with E-state index in [1.165, 1.54) is 0 Å². The van der Waals surface area contributed by atoms with Crippen LogP contribution in [0.15, 0.2) is 35.0 Å². The second kappa shape index (κ2) is 7.89. The summed E-state index contributed by atoms with van der Waals surface area (Å²) in [6.45, 7) is 2.43. The van der Waals surface area contributed by atoms with Crippen molar-refractivity contribution < 1.29 is 14.1 Å². The number of thiazole rings is 1. The fraction of sp³-hybridized carbons (Fsp3) is 0.294. The minimum Gasteiger partial charge on any atom is -0.497 e. The molecular weight excluding hydrogens is 340 g/mol. The minimum atomic E-state index is -0.0600. The standard InChI is InChI=1S/C17H18N4O3S/c1-11-18-9-14(25-11)10-19-15(22)7-8-16-20-17(21-24-16)12-3-5-13(23-2)6-4-12/h3-6,9H,7-8,10H2,1-2H3,(H,19,22). The van der Waals surface area contributed by atoms with Gasteiger partial charge in [0.2, 0.25) is 17.6 Å². The number of carbonyl (C=O) groups is 1. The molecular formula is C17H18N4O3S. The molecule has 0 bridgehead atoms. The van der Waals surface area contributed by atoms with Crippen molar-refractivity contribution >= 4 is 17.2 Å². The molecule has 0 spiro atoms. The molecule has 3 rings (SSSR count). The van der Waals surface area contributed by atoms with Crippen molar-refractivity contribution in [2.75, 3.05) is 7.11 Å². The highest BCUT2D eigenvalue weighted by Gasteiger charge is 2.11. The number of aromatic nitrogens is 3. The SMILES string of the molecule is COc1ccc(-c2noc(CCC(=O)NCc3cnc(C)s3)n2)cc1. The van der Waals surface area contributed by atoms with Crippen LogP contribution in [-0.2, 0) is 17.8 Å². The number of rotatable bonds is 7. The molecule has 0 atom stereocenters. The van der Waals surface area contributed by atoms with Gasteiger partial charge in [-0.15, -0.1) is 11.3 Å². The third-order valence-corrected chi connectivity index (χ3v) is 4.42. The van der Waals surface area contributed by atoms with Crippen LogP contribution in [0.3, 0.4) is 0 Å². The first-order valence-corrected chi connectivity index (χ1v) is 8.60. The Bertz CT molecular complexity index is 842. The van der Waals surface area contributed by atoms with E-state index in [4.69, 9.17) is 9.26 Å². The Kier molecular flexibility index (Phi) is 5.39. The predicted molar refractivity (Wildman–Crippen MR) is 93.3 cm³/mol. The lowest BCUT2D eigenvalue weighted by molar-refractivity contribution is -0.121. The molecule has 1 amide bonds. The second-order valence-electron chi connectivity index (χ2n) is 5.36. The molecule has 0 saturated carbocycles. The van der Waals surface area contributed by atoms with E-state index in [0.29, 0.717) is 31.1 Å². The highest BCUT2D eigenvalue weighted by Crippen LogP contribution is 2.20. The fourth-order valence-electron chi connectivity index (χ4n) is 2.20. The third-order valence-electron chi connectivity index (χ3n) is 3.51. The lowest BCUT2D eigenvalue weighted by Gasteiger charge is -2.01. The van der Waals surface area contributed by atoms with Crippen molar-refractivity contribution in [3.63, 3.8) is 0 Å². The Morgan fingerprint density at radius 2 is 2.12 bits per heavy atom. The van der Waals surface area contributed by atoms with Crippen LogP contribution >= 0.6 is 11.3 Å². The summed E-state index contributed by atoms with van der Waals surface area (Å²) >= 11 is 1.57. The summed E-state index contributed by atoms with van der Waals surface area (Å²) in [6.07, 6.45) is 2.47. The van der Waals surface area contributed by atoms with E-state index in [1.54, 1.807) is 24.6 Å². The van der Waals surface area contributed by atoms with E-state index in [2.05, 4.69) is 20.4 Å². The largest absolute Gasteiger partial charge is 0.497 e. The van der Waals surface area contributed by atoms with Gasteiger partial charge in [0.25, 0.3) is 0 Å². The van der Waals surface area contributed by atoms with Crippen LogP contribution < -0.4 is 10.1 Å². The molecule has 130 valence electrons. The van der Waals surface area contributed by atoms with Crippen LogP contribution in [0.4, 0.5) is 0 Å². The summed E-state index contributed by atoms with van der Waals surface area (Å²) < 4.78 is 10.3. The van der Waals surface area contributed by atoms with Gasteiger partial charge in [-0.1, -0.05) is 5.16 Å². The van der Waals surface area contributed by atoms with Crippen molar-refractivity contribution in [1.82, 2.24) is 20.4 Å². The number of nitrogens with one attached hydrogen (secondary N) is 1. The molecule has 7 nitrogen and oxygen atoms in total. The van der Waals surface area contributed by atoms with Crippen molar-refractivity contribution in [3.05, 3.63) is 46.2 Å². The van der Waals surface area contributed by atoms with Gasteiger partial charge in [-0.05, 0) is 31.2 Å². The van der Waals surface area contributed by atoms with Crippen molar-refractivity contribution in [2.24, 2.45) is 0 Å². The fourth-order valence-corrected chi connectivity index (χ4v) is 2.93. The van der Waals surface area contributed by atoms with Crippen molar-refractivity contribution in [3.8, 4) is 17.1 Å². The predicted octanol–water partition coefficient (Wildman–Crippen LogP) is 2.76. The molecule has 1 aromatic carbocycles. The van der Waals surface area contributed by atoms with Gasteiger partial charge in [-0.25, -0.2) is 4.98 Å². The van der Waals surface area contributed by atoms with Crippen LogP contribution in [0.25, 0.3) is 11.4 Å². The first-order chi connectivity index (χ1) is 12.1. The maximum atomic E-state index is 11.9. The number of methoxy groups -OCH3 is 1. The lowest BCUT2D eigenvalue weighted by Crippen LogP contribution is -2.22. The number of carbonyl (C=O) groups excluding carboxylic acids is 1. The van der Waals surface area contributed by atoms with Gasteiger partial charge in [0.05, 0.1) is 18.7 Å². The summed E-state index contributed by atoms with van der Waals surface area (Å²) in [4.78, 5) is 21.4. The van der Waals surface area contributed by atoms with Crippen molar-refractivity contribution in [1.29, 1.82) is 0 Å². The highest BCUT2D eigenvalue weighted by molar-refractivity contribution is 7.11. The Labute approximate surface area is 149 Å². The molecule has 3 aromatic rings. The molecule has 0 aliphatic carbocycles. The number of benzene rings is 1. The Hall–Kier alpha value is -2.74. The third kappa shape index (κ3) is 4.63. The summed E-state index contributed by atoms with van der Waals surface area (Å²) in [5, 5.41) is 7.80. The topological polar surface area (TPSA) is 90.1 Å². The van der Waals surface area contributed by atoms with Crippen LogP contribution in [0.2, 0.25) is 0 Å². The number of hydrogen-bond acceptors (Lipinski definition) is 7. The van der Waals surface area contributed by atoms with Gasteiger partial charge in [0.1, 0.15) is 5.75 Å². The molecule has 0 aliphatic heterocycles. The average Bonchev–Trinajstić information content (AvgIpc) is 3.27. The molecule has 0 unspecified atom stereocenters. The lowest BCUT2D eigenvalue weighted by atomic mass is 10.2. The normalized spacial score (nSPS) is 10.6. The molecule has 0 saturated heterocycles. The molecule has 0 fully saturated rings. The number of amides is 1. The van der Waals surface area contributed by atoms with Crippen LogP contribution in [0, 0.1) is 6.92 Å². The maximum absolute atomic E-state index is 11.9. The quantitative estimate of drug-likeness (QED) is 0.698. The average molecular weight is 358 g/mol. The maximum Gasteiger partial charge on any atom is 0.227 e. The monoisotopic (exact) mass is 358 g/mol. The number of ether oxygens (including phenoxy) is 1. The Balaban J connectivity index is 1.50. The summed E-state index contributed by atoms with van der Waals surface area (Å²) in [7, 11) is 1.61. The molecule has 8 heteroatoms. The summed E-state index contributed by atoms with van der Waals surface area (Å²) in [6, 6.07) is 7.38. The van der Waals surface area contributed by atoms with E-state index in [0.717, 1.165) is 21.2 Å². The molecule has 1 N–H and O–H groups in total. The Morgan fingerprint density at radius 1 is 1.32 bits per heavy atom. The number of aryl methyl sites for hydroxylation is 2. The van der Waals surface area contributed by atoms with E-state index in [9.17, 15) is 4.79 Å². The molecule has 2 heterocycles. The summed E-state index contributed by atoms with van der Waals surface area (Å²) in [5.41, 5.74) is 0.834. The Morgan fingerprint density at radius 3 is 2.80 bits per heavy atom. The van der Waals surface area contributed by atoms with E-state index in [1.807, 2.05) is 31.2 Å². The van der Waals surface area contributed by atoms with Gasteiger partial charge in [0.15, 0.2) is 0 Å². The highest BCUT2D eigenvalue weighted by atomic mass is 32.1. The van der Waals surface area contributed by atoms with E-state index in [-0.39, 0.29) is 5.91 Å². The first-order valence-electron chi connectivity index (χ1n) is 7.79. The van der Waals surface area contributed by atoms with Gasteiger partial charge in [-0.2, -0.15) is 4.98 Å². The van der Waals surface area contributed by atoms with Crippen LogP contribution in [0.1, 0.15) is 22.2 Å². The van der Waals surface area contributed by atoms with Gasteiger partial charge in [0, 0.05) is 29.5 Å². The number of hydrogen-bond donors (Lipinski definition) is 1. The van der Waals surface area contributed by atoms with Crippen LogP contribution in [0.5, 0.6) is 5.75 Å². The molecule has 25 heavy (non-hydrogen) atoms.